The molecule has 0 saturated carbocycles. The number of benzene rings is 2. The summed E-state index contributed by atoms with van der Waals surface area (Å²) in [6, 6.07) is 15.3. The Balaban J connectivity index is 2.13. The smallest absolute Gasteiger partial charge is 0.254 e. The second kappa shape index (κ2) is 8.47. The van der Waals surface area contributed by atoms with E-state index in [2.05, 4.69) is 5.32 Å². The number of rotatable bonds is 7. The lowest BCUT2D eigenvalue weighted by Crippen LogP contribution is -2.47. The van der Waals surface area contributed by atoms with Crippen molar-refractivity contribution in [2.75, 3.05) is 7.11 Å². The maximum Gasteiger partial charge on any atom is 0.254 e. The number of ether oxygens (including phenoxy) is 1. The number of methoxy groups -OCH3 is 1. The molecule has 0 aliphatic carbocycles. The highest BCUT2D eigenvalue weighted by molar-refractivity contribution is 6.31. The van der Waals surface area contributed by atoms with Gasteiger partial charge < -0.3 is 15.8 Å². The fourth-order valence-corrected chi connectivity index (χ4v) is 2.59. The highest BCUT2D eigenvalue weighted by Gasteiger charge is 2.26. The van der Waals surface area contributed by atoms with Crippen LogP contribution < -0.4 is 11.1 Å². The van der Waals surface area contributed by atoms with Crippen LogP contribution in [-0.2, 0) is 20.7 Å². The van der Waals surface area contributed by atoms with Gasteiger partial charge in [-0.15, -0.1) is 0 Å². The van der Waals surface area contributed by atoms with Crippen molar-refractivity contribution in [1.82, 2.24) is 5.32 Å². The van der Waals surface area contributed by atoms with Crippen molar-refractivity contribution in [3.05, 3.63) is 70.7 Å². The van der Waals surface area contributed by atoms with Gasteiger partial charge in [-0.3, -0.25) is 9.59 Å². The van der Waals surface area contributed by atoms with Crippen molar-refractivity contribution < 1.29 is 14.3 Å². The van der Waals surface area contributed by atoms with Crippen molar-refractivity contribution in [1.29, 1.82) is 0 Å². The molecule has 0 bridgehead atoms. The van der Waals surface area contributed by atoms with Crippen LogP contribution in [0.25, 0.3) is 0 Å². The molecule has 6 heteroatoms. The SMILES string of the molecule is CO[C@@H](C(=O)N[C@@H](Cc1ccccc1Cl)C(N)=O)c1ccccc1. The zero-order chi connectivity index (χ0) is 17.5. The molecule has 2 atom stereocenters. The molecule has 0 aliphatic rings. The van der Waals surface area contributed by atoms with E-state index in [9.17, 15) is 9.59 Å². The molecule has 24 heavy (non-hydrogen) atoms. The molecule has 2 rings (SSSR count). The van der Waals surface area contributed by atoms with Gasteiger partial charge in [-0.1, -0.05) is 60.1 Å². The van der Waals surface area contributed by atoms with Crippen molar-refractivity contribution in [2.24, 2.45) is 5.73 Å². The van der Waals surface area contributed by atoms with Gasteiger partial charge in [0.25, 0.3) is 5.91 Å². The summed E-state index contributed by atoms with van der Waals surface area (Å²) in [5.41, 5.74) is 6.85. The maximum absolute atomic E-state index is 12.5. The number of halogens is 1. The molecule has 2 aromatic rings. The number of nitrogens with two attached hydrogens (primary N) is 1. The quantitative estimate of drug-likeness (QED) is 0.806. The lowest BCUT2D eigenvalue weighted by molar-refractivity contribution is -0.134. The molecule has 126 valence electrons. The summed E-state index contributed by atoms with van der Waals surface area (Å²) in [6.45, 7) is 0. The first-order chi connectivity index (χ1) is 11.5. The molecule has 0 spiro atoms. The van der Waals surface area contributed by atoms with Gasteiger partial charge in [0.1, 0.15) is 6.04 Å². The van der Waals surface area contributed by atoms with Gasteiger partial charge in [-0.05, 0) is 17.2 Å². The van der Waals surface area contributed by atoms with Crippen LogP contribution in [0.5, 0.6) is 0 Å². The zero-order valence-electron chi connectivity index (χ0n) is 13.2. The van der Waals surface area contributed by atoms with Crippen LogP contribution in [0.3, 0.4) is 0 Å². The first-order valence-corrected chi connectivity index (χ1v) is 7.81. The molecule has 5 nitrogen and oxygen atoms in total. The third kappa shape index (κ3) is 4.57. The van der Waals surface area contributed by atoms with Gasteiger partial charge in [0.05, 0.1) is 0 Å². The van der Waals surface area contributed by atoms with Gasteiger partial charge >= 0.3 is 0 Å². The Morgan fingerprint density at radius 3 is 2.33 bits per heavy atom. The summed E-state index contributed by atoms with van der Waals surface area (Å²) in [5, 5.41) is 3.16. The molecule has 0 aliphatic heterocycles. The highest BCUT2D eigenvalue weighted by Crippen LogP contribution is 2.19. The molecule has 2 aromatic carbocycles. The summed E-state index contributed by atoms with van der Waals surface area (Å²) in [5.74, 6) is -1.06. The summed E-state index contributed by atoms with van der Waals surface area (Å²) >= 11 is 6.11. The third-order valence-corrected chi connectivity index (χ3v) is 3.99. The summed E-state index contributed by atoms with van der Waals surface area (Å²) in [7, 11) is 1.44. The molecule has 0 radical (unpaired) electrons. The van der Waals surface area contributed by atoms with Gasteiger partial charge in [0, 0.05) is 18.6 Å². The Morgan fingerprint density at radius 1 is 1.12 bits per heavy atom. The number of hydrogen-bond acceptors (Lipinski definition) is 3. The van der Waals surface area contributed by atoms with Crippen LogP contribution in [0.1, 0.15) is 17.2 Å². The van der Waals surface area contributed by atoms with E-state index < -0.39 is 24.0 Å². The largest absolute Gasteiger partial charge is 0.368 e. The Morgan fingerprint density at radius 2 is 1.75 bits per heavy atom. The molecular weight excluding hydrogens is 328 g/mol. The second-order valence-corrected chi connectivity index (χ2v) is 5.69. The maximum atomic E-state index is 12.5. The second-order valence-electron chi connectivity index (χ2n) is 5.29. The van der Waals surface area contributed by atoms with Crippen molar-refractivity contribution in [2.45, 2.75) is 18.6 Å². The minimum atomic E-state index is -0.876. The monoisotopic (exact) mass is 346 g/mol. The van der Waals surface area contributed by atoms with E-state index in [4.69, 9.17) is 22.1 Å². The van der Waals surface area contributed by atoms with Crippen LogP contribution in [0.4, 0.5) is 0 Å². The van der Waals surface area contributed by atoms with Gasteiger partial charge in [0.15, 0.2) is 6.10 Å². The fourth-order valence-electron chi connectivity index (χ4n) is 2.38. The molecule has 2 amide bonds. The number of primary amides is 1. The molecule has 0 aromatic heterocycles. The molecule has 3 N–H and O–H groups in total. The van der Waals surface area contributed by atoms with Gasteiger partial charge in [-0.25, -0.2) is 0 Å². The van der Waals surface area contributed by atoms with Crippen molar-refractivity contribution in [3.63, 3.8) is 0 Å². The zero-order valence-corrected chi connectivity index (χ0v) is 14.0. The Kier molecular flexibility index (Phi) is 6.35. The molecule has 0 heterocycles. The number of carbonyl (C=O) groups excluding carboxylic acids is 2. The first-order valence-electron chi connectivity index (χ1n) is 7.43. The number of amides is 2. The summed E-state index contributed by atoms with van der Waals surface area (Å²) in [6.07, 6.45) is -0.606. The van der Waals surface area contributed by atoms with Crippen molar-refractivity contribution >= 4 is 23.4 Å². The van der Waals surface area contributed by atoms with Crippen LogP contribution in [0.2, 0.25) is 5.02 Å². The molecular formula is C18H19ClN2O3. The van der Waals surface area contributed by atoms with E-state index in [-0.39, 0.29) is 6.42 Å². The van der Waals surface area contributed by atoms with E-state index >= 15 is 0 Å². The van der Waals surface area contributed by atoms with Crippen LogP contribution >= 0.6 is 11.6 Å². The highest BCUT2D eigenvalue weighted by atomic mass is 35.5. The number of hydrogen-bond donors (Lipinski definition) is 2. The van der Waals surface area contributed by atoms with Crippen molar-refractivity contribution in [3.8, 4) is 0 Å². The van der Waals surface area contributed by atoms with E-state index in [1.54, 1.807) is 30.3 Å². The van der Waals surface area contributed by atoms with Crippen LogP contribution in [0.15, 0.2) is 54.6 Å². The average molecular weight is 347 g/mol. The standard InChI is InChI=1S/C18H19ClN2O3/c1-24-16(12-7-3-2-4-8-12)18(23)21-15(17(20)22)11-13-9-5-6-10-14(13)19/h2-10,15-16H,11H2,1H3,(H2,20,22)(H,21,23)/t15-,16+/m0/s1. The van der Waals surface area contributed by atoms with E-state index in [1.807, 2.05) is 24.3 Å². The van der Waals surface area contributed by atoms with Gasteiger partial charge in [-0.2, -0.15) is 0 Å². The number of carbonyl (C=O) groups is 2. The normalized spacial score (nSPS) is 13.1. The predicted octanol–water partition coefficient (Wildman–Crippen LogP) is 2.24. The third-order valence-electron chi connectivity index (χ3n) is 3.62. The lowest BCUT2D eigenvalue weighted by atomic mass is 10.0. The minimum absolute atomic E-state index is 0.214. The number of nitrogens with one attached hydrogen (secondary N) is 1. The van der Waals surface area contributed by atoms with Gasteiger partial charge in [0.2, 0.25) is 5.91 Å². The van der Waals surface area contributed by atoms with E-state index in [0.29, 0.717) is 10.6 Å². The fraction of sp³-hybridized carbons (Fsp3) is 0.222. The first kappa shape index (κ1) is 18.0. The van der Waals surface area contributed by atoms with E-state index in [0.717, 1.165) is 5.56 Å². The van der Waals surface area contributed by atoms with Crippen LogP contribution in [-0.4, -0.2) is 25.0 Å². The molecule has 0 unspecified atom stereocenters. The predicted molar refractivity (Wildman–Crippen MR) is 92.5 cm³/mol. The molecule has 0 fully saturated rings. The molecule has 0 saturated heterocycles. The topological polar surface area (TPSA) is 81.4 Å². The summed E-state index contributed by atoms with van der Waals surface area (Å²) in [4.78, 5) is 24.2. The minimum Gasteiger partial charge on any atom is -0.368 e. The van der Waals surface area contributed by atoms with E-state index in [1.165, 1.54) is 7.11 Å². The summed E-state index contributed by atoms with van der Waals surface area (Å²) < 4.78 is 5.26. The lowest BCUT2D eigenvalue weighted by Gasteiger charge is -2.20. The Bertz CT molecular complexity index is 706. The Labute approximate surface area is 145 Å². The average Bonchev–Trinajstić information content (AvgIpc) is 2.57. The van der Waals surface area contributed by atoms with Crippen LogP contribution in [0, 0.1) is 0 Å². The Hall–Kier alpha value is -2.37.